The van der Waals surface area contributed by atoms with Crippen LogP contribution in [0.4, 0.5) is 14.5 Å². The van der Waals surface area contributed by atoms with Crippen molar-refractivity contribution in [2.45, 2.75) is 12.2 Å². The summed E-state index contributed by atoms with van der Waals surface area (Å²) in [5.74, 6) is -0.338. The zero-order valence-corrected chi connectivity index (χ0v) is 14.7. The lowest BCUT2D eigenvalue weighted by molar-refractivity contribution is 0.102. The van der Waals surface area contributed by atoms with E-state index in [1.807, 2.05) is 40.9 Å². The summed E-state index contributed by atoms with van der Waals surface area (Å²) in [7, 11) is 0. The number of hydrogen-bond donors (Lipinski definition) is 1. The van der Waals surface area contributed by atoms with Crippen molar-refractivity contribution >= 4 is 34.7 Å². The summed E-state index contributed by atoms with van der Waals surface area (Å²) < 4.78 is 28.4. The lowest BCUT2D eigenvalue weighted by Crippen LogP contribution is -2.16. The highest BCUT2D eigenvalue weighted by Gasteiger charge is 2.26. The predicted molar refractivity (Wildman–Crippen MR) is 97.8 cm³/mol. The Hall–Kier alpha value is -2.12. The highest BCUT2D eigenvalue weighted by Crippen LogP contribution is 2.38. The second kappa shape index (κ2) is 6.65. The molecule has 25 heavy (non-hydrogen) atoms. The van der Waals surface area contributed by atoms with Crippen molar-refractivity contribution in [3.05, 3.63) is 70.4 Å². The van der Waals surface area contributed by atoms with Gasteiger partial charge in [0.15, 0.2) is 11.6 Å². The van der Waals surface area contributed by atoms with E-state index in [-0.39, 0.29) is 11.6 Å². The Morgan fingerprint density at radius 2 is 1.96 bits per heavy atom. The highest BCUT2D eigenvalue weighted by molar-refractivity contribution is 7.98. The van der Waals surface area contributed by atoms with Gasteiger partial charge in [0.25, 0.3) is 5.91 Å². The van der Waals surface area contributed by atoms with Gasteiger partial charge < -0.3 is 9.88 Å². The van der Waals surface area contributed by atoms with E-state index in [0.717, 1.165) is 40.6 Å². The average Bonchev–Trinajstić information content (AvgIpc) is 3.25. The number of carbonyl (C=O) groups is 1. The van der Waals surface area contributed by atoms with Crippen molar-refractivity contribution in [2.75, 3.05) is 11.1 Å². The van der Waals surface area contributed by atoms with Gasteiger partial charge in [0.2, 0.25) is 0 Å². The summed E-state index contributed by atoms with van der Waals surface area (Å²) in [6, 6.07) is 7.18. The number of thiophene rings is 1. The minimum atomic E-state index is -0.979. The molecule has 0 unspecified atom stereocenters. The number of rotatable bonds is 3. The van der Waals surface area contributed by atoms with E-state index in [1.54, 1.807) is 11.3 Å². The quantitative estimate of drug-likeness (QED) is 0.708. The van der Waals surface area contributed by atoms with Gasteiger partial charge in [0.05, 0.1) is 5.56 Å². The van der Waals surface area contributed by atoms with Crippen LogP contribution in [0.25, 0.3) is 5.00 Å². The molecule has 0 fully saturated rings. The lowest BCUT2D eigenvalue weighted by atomic mass is 10.1. The molecule has 3 aromatic rings. The molecule has 0 bridgehead atoms. The number of amides is 1. The summed E-state index contributed by atoms with van der Waals surface area (Å²) in [4.78, 5) is 14.1. The number of thioether (sulfide) groups is 1. The van der Waals surface area contributed by atoms with E-state index in [0.29, 0.717) is 5.56 Å². The molecule has 2 aromatic heterocycles. The van der Waals surface area contributed by atoms with Crippen LogP contribution in [0.15, 0.2) is 42.7 Å². The van der Waals surface area contributed by atoms with Crippen molar-refractivity contribution in [2.24, 2.45) is 0 Å². The van der Waals surface area contributed by atoms with Crippen molar-refractivity contribution in [1.82, 2.24) is 4.57 Å². The molecule has 7 heteroatoms. The fourth-order valence-electron chi connectivity index (χ4n) is 2.87. The monoisotopic (exact) mass is 376 g/mol. The fourth-order valence-corrected chi connectivity index (χ4v) is 5.32. The number of hydrogen-bond acceptors (Lipinski definition) is 3. The number of carbonyl (C=O) groups excluding carboxylic acids is 1. The minimum Gasteiger partial charge on any atom is -0.322 e. The second-order valence-electron chi connectivity index (χ2n) is 5.66. The Labute approximate surface area is 151 Å². The van der Waals surface area contributed by atoms with Gasteiger partial charge in [0.1, 0.15) is 5.00 Å². The Morgan fingerprint density at radius 3 is 2.72 bits per heavy atom. The van der Waals surface area contributed by atoms with E-state index in [9.17, 15) is 13.6 Å². The molecule has 0 atom stereocenters. The van der Waals surface area contributed by atoms with Crippen molar-refractivity contribution in [3.8, 4) is 5.00 Å². The molecule has 1 aromatic carbocycles. The number of nitrogens with zero attached hydrogens (tertiary/aromatic N) is 1. The van der Waals surface area contributed by atoms with Crippen LogP contribution in [0, 0.1) is 11.6 Å². The molecule has 128 valence electrons. The maximum Gasteiger partial charge on any atom is 0.258 e. The van der Waals surface area contributed by atoms with Gasteiger partial charge in [-0.15, -0.1) is 11.3 Å². The van der Waals surface area contributed by atoms with Crippen molar-refractivity contribution in [3.63, 3.8) is 0 Å². The number of anilines is 1. The van der Waals surface area contributed by atoms with Crippen LogP contribution in [0.5, 0.6) is 0 Å². The smallest absolute Gasteiger partial charge is 0.258 e. The number of aromatic nitrogens is 1. The Kier molecular flexibility index (Phi) is 4.35. The molecule has 0 saturated carbocycles. The maximum atomic E-state index is 13.4. The van der Waals surface area contributed by atoms with Gasteiger partial charge in [-0.1, -0.05) is 0 Å². The molecule has 1 aliphatic rings. The normalized spacial score (nSPS) is 13.5. The summed E-state index contributed by atoms with van der Waals surface area (Å²) in [5.41, 5.74) is 1.93. The molecule has 3 nitrogen and oxygen atoms in total. The molecule has 3 heterocycles. The molecule has 4 rings (SSSR count). The minimum absolute atomic E-state index is 0.243. The predicted octanol–water partition coefficient (Wildman–Crippen LogP) is 4.86. The Morgan fingerprint density at radius 1 is 1.16 bits per heavy atom. The second-order valence-corrected chi connectivity index (χ2v) is 7.85. The Balaban J connectivity index is 1.74. The largest absolute Gasteiger partial charge is 0.322 e. The number of fused-ring (bicyclic) bond motifs is 1. The molecule has 0 radical (unpaired) electrons. The van der Waals surface area contributed by atoms with Gasteiger partial charge in [-0.05, 0) is 42.0 Å². The standard InChI is InChI=1S/C18H14F2N2OS2/c19-13-4-3-11(9-14(13)20)21-17(23)16-12-5-8-24-10-15(12)25-18(16)22-6-1-2-7-22/h1-4,6-7,9H,5,8,10H2,(H,21,23). The van der Waals surface area contributed by atoms with Gasteiger partial charge in [0, 0.05) is 34.8 Å². The molecule has 1 aliphatic heterocycles. The van der Waals surface area contributed by atoms with Crippen LogP contribution >= 0.6 is 23.1 Å². The van der Waals surface area contributed by atoms with Crippen LogP contribution in [-0.2, 0) is 12.2 Å². The summed E-state index contributed by atoms with van der Waals surface area (Å²) >= 11 is 3.47. The third kappa shape index (κ3) is 3.09. The topological polar surface area (TPSA) is 34.0 Å². The van der Waals surface area contributed by atoms with Crippen molar-refractivity contribution in [1.29, 1.82) is 0 Å². The zero-order chi connectivity index (χ0) is 17.4. The number of halogens is 2. The van der Waals surface area contributed by atoms with E-state index in [2.05, 4.69) is 5.32 Å². The van der Waals surface area contributed by atoms with E-state index < -0.39 is 11.6 Å². The first-order valence-corrected chi connectivity index (χ1v) is 9.72. The average molecular weight is 376 g/mol. The SMILES string of the molecule is O=C(Nc1ccc(F)c(F)c1)c1c(-n2cccc2)sc2c1CCSC2. The van der Waals surface area contributed by atoms with Crippen LogP contribution in [0.1, 0.15) is 20.8 Å². The molecular formula is C18H14F2N2OS2. The Bertz CT molecular complexity index is 935. The van der Waals surface area contributed by atoms with Gasteiger partial charge in [-0.2, -0.15) is 11.8 Å². The number of benzene rings is 1. The van der Waals surface area contributed by atoms with E-state index in [4.69, 9.17) is 0 Å². The maximum absolute atomic E-state index is 13.4. The molecule has 1 N–H and O–H groups in total. The first-order chi connectivity index (χ1) is 12.1. The summed E-state index contributed by atoms with van der Waals surface area (Å²) in [5, 5.41) is 3.56. The highest BCUT2D eigenvalue weighted by atomic mass is 32.2. The summed E-state index contributed by atoms with van der Waals surface area (Å²) in [6.07, 6.45) is 4.63. The van der Waals surface area contributed by atoms with Crippen molar-refractivity contribution < 1.29 is 13.6 Å². The van der Waals surface area contributed by atoms with Gasteiger partial charge in [-0.25, -0.2) is 8.78 Å². The third-order valence-electron chi connectivity index (χ3n) is 4.05. The third-order valence-corrected chi connectivity index (χ3v) is 6.46. The van der Waals surface area contributed by atoms with Crippen LogP contribution in [0.3, 0.4) is 0 Å². The van der Waals surface area contributed by atoms with Crippen LogP contribution in [0.2, 0.25) is 0 Å². The molecule has 1 amide bonds. The zero-order valence-electron chi connectivity index (χ0n) is 13.1. The van der Waals surface area contributed by atoms with E-state index >= 15 is 0 Å². The first-order valence-electron chi connectivity index (χ1n) is 7.75. The molecular weight excluding hydrogens is 362 g/mol. The van der Waals surface area contributed by atoms with Crippen LogP contribution in [-0.4, -0.2) is 16.2 Å². The van der Waals surface area contributed by atoms with Gasteiger partial charge >= 0.3 is 0 Å². The fraction of sp³-hybridized carbons (Fsp3) is 0.167. The molecule has 0 spiro atoms. The lowest BCUT2D eigenvalue weighted by Gasteiger charge is -2.13. The molecule has 0 aliphatic carbocycles. The number of nitrogens with one attached hydrogen (secondary N) is 1. The van der Waals surface area contributed by atoms with Gasteiger partial charge in [-0.3, -0.25) is 4.79 Å². The molecule has 0 saturated heterocycles. The van der Waals surface area contributed by atoms with Crippen LogP contribution < -0.4 is 5.32 Å². The van der Waals surface area contributed by atoms with E-state index in [1.165, 1.54) is 10.9 Å². The first kappa shape index (κ1) is 16.4. The summed E-state index contributed by atoms with van der Waals surface area (Å²) in [6.45, 7) is 0.